The maximum absolute atomic E-state index is 4.28. The lowest BCUT2D eigenvalue weighted by Crippen LogP contribution is -2.35. The van der Waals surface area contributed by atoms with E-state index in [9.17, 15) is 0 Å². The molecule has 0 fully saturated rings. The molecule has 1 nitrogen and oxygen atoms in total. The fraction of sp³-hybridized carbons (Fsp3) is 0.600. The first-order chi connectivity index (χ1) is 9.60. The lowest BCUT2D eigenvalue weighted by atomic mass is 9.83. The van der Waals surface area contributed by atoms with E-state index in [2.05, 4.69) is 78.3 Å². The maximum Gasteiger partial charge on any atom is 0.0499 e. The van der Waals surface area contributed by atoms with Gasteiger partial charge in [0.05, 0.1) is 0 Å². The van der Waals surface area contributed by atoms with Gasteiger partial charge in [-0.1, -0.05) is 70.7 Å². The summed E-state index contributed by atoms with van der Waals surface area (Å²) >= 11 is 0. The normalized spacial score (nSPS) is 14.8. The van der Waals surface area contributed by atoms with Gasteiger partial charge in [0.25, 0.3) is 0 Å². The molecule has 0 saturated heterocycles. The highest BCUT2D eigenvalue weighted by Gasteiger charge is 2.21. The first-order valence-electron chi connectivity index (χ1n) is 7.93. The van der Waals surface area contributed by atoms with E-state index < -0.39 is 0 Å². The molecule has 0 aromatic carbocycles. The molecule has 0 aromatic heterocycles. The average molecular weight is 290 g/mol. The van der Waals surface area contributed by atoms with Gasteiger partial charge in [-0.2, -0.15) is 0 Å². The molecule has 0 aliphatic heterocycles. The van der Waals surface area contributed by atoms with Crippen molar-refractivity contribution in [3.8, 4) is 0 Å². The van der Waals surface area contributed by atoms with Gasteiger partial charge in [-0.25, -0.2) is 0 Å². The van der Waals surface area contributed by atoms with Crippen LogP contribution in [0.1, 0.15) is 54.4 Å². The summed E-state index contributed by atoms with van der Waals surface area (Å²) in [5, 5.41) is 0. The lowest BCUT2D eigenvalue weighted by Gasteiger charge is -2.34. The molecule has 0 rings (SSSR count). The molecule has 0 spiro atoms. The SMILES string of the molecule is C=CN(CC(=C)C)C(/C=C/C)C(C)CC(=C)CC(C)(C)C. The van der Waals surface area contributed by atoms with Crippen molar-refractivity contribution in [1.82, 2.24) is 4.90 Å². The van der Waals surface area contributed by atoms with E-state index in [1.165, 1.54) is 5.57 Å². The molecule has 1 heteroatoms. The van der Waals surface area contributed by atoms with Crippen LogP contribution < -0.4 is 0 Å². The lowest BCUT2D eigenvalue weighted by molar-refractivity contribution is 0.264. The fourth-order valence-electron chi connectivity index (χ4n) is 2.83. The van der Waals surface area contributed by atoms with Crippen LogP contribution in [0.2, 0.25) is 0 Å². The third-order valence-electron chi connectivity index (χ3n) is 3.43. The standard InChI is InChI=1S/C20H35N/c1-10-12-19(21(11-2)15-16(3)4)18(6)13-17(5)14-20(7,8)9/h10-12,18-19H,2-3,5,13-15H2,1,4,6-9H3/b12-10+. The summed E-state index contributed by atoms with van der Waals surface area (Å²) in [5.41, 5.74) is 2.80. The molecule has 2 atom stereocenters. The smallest absolute Gasteiger partial charge is 0.0499 e. The van der Waals surface area contributed by atoms with Gasteiger partial charge in [0.1, 0.15) is 0 Å². The number of nitrogens with zero attached hydrogens (tertiary/aromatic N) is 1. The van der Waals surface area contributed by atoms with Crippen LogP contribution in [0.25, 0.3) is 0 Å². The minimum Gasteiger partial charge on any atom is -0.367 e. The maximum atomic E-state index is 4.28. The Morgan fingerprint density at radius 1 is 1.24 bits per heavy atom. The molecule has 0 aliphatic carbocycles. The Morgan fingerprint density at radius 2 is 1.81 bits per heavy atom. The van der Waals surface area contributed by atoms with Crippen LogP contribution in [-0.2, 0) is 0 Å². The third kappa shape index (κ3) is 8.60. The minimum absolute atomic E-state index is 0.308. The largest absolute Gasteiger partial charge is 0.367 e. The van der Waals surface area contributed by atoms with Crippen molar-refractivity contribution in [2.45, 2.75) is 60.4 Å². The summed E-state index contributed by atoms with van der Waals surface area (Å²) in [6.45, 7) is 26.4. The van der Waals surface area contributed by atoms with E-state index in [0.717, 1.165) is 25.0 Å². The van der Waals surface area contributed by atoms with Gasteiger partial charge in [0, 0.05) is 12.6 Å². The fourth-order valence-corrected chi connectivity index (χ4v) is 2.83. The molecule has 0 heterocycles. The molecule has 0 saturated carbocycles. The van der Waals surface area contributed by atoms with Crippen molar-refractivity contribution in [2.75, 3.05) is 6.54 Å². The van der Waals surface area contributed by atoms with Crippen LogP contribution in [-0.4, -0.2) is 17.5 Å². The quantitative estimate of drug-likeness (QED) is 0.472. The predicted octanol–water partition coefficient (Wildman–Crippen LogP) is 5.97. The highest BCUT2D eigenvalue weighted by Crippen LogP contribution is 2.29. The van der Waals surface area contributed by atoms with E-state index in [4.69, 9.17) is 0 Å². The Morgan fingerprint density at radius 3 is 2.19 bits per heavy atom. The monoisotopic (exact) mass is 289 g/mol. The van der Waals surface area contributed by atoms with Crippen LogP contribution in [0.15, 0.2) is 49.2 Å². The zero-order valence-corrected chi connectivity index (χ0v) is 15.1. The van der Waals surface area contributed by atoms with Crippen LogP contribution >= 0.6 is 0 Å². The second-order valence-corrected chi connectivity index (χ2v) is 7.50. The number of rotatable bonds is 9. The Labute approximate surface area is 133 Å². The van der Waals surface area contributed by atoms with Gasteiger partial charge in [-0.05, 0) is 44.2 Å². The average Bonchev–Trinajstić information content (AvgIpc) is 2.30. The highest BCUT2D eigenvalue weighted by molar-refractivity contribution is 5.07. The molecule has 120 valence electrons. The Bertz CT molecular complexity index is 381. The predicted molar refractivity (Wildman–Crippen MR) is 97.3 cm³/mol. The first-order valence-corrected chi connectivity index (χ1v) is 7.93. The van der Waals surface area contributed by atoms with Crippen LogP contribution in [0.3, 0.4) is 0 Å². The summed E-state index contributed by atoms with van der Waals surface area (Å²) in [6.07, 6.45) is 8.45. The first kappa shape index (κ1) is 19.8. The summed E-state index contributed by atoms with van der Waals surface area (Å²) in [5.74, 6) is 0.508. The van der Waals surface area contributed by atoms with Gasteiger partial charge in [-0.3, -0.25) is 0 Å². The zero-order valence-electron chi connectivity index (χ0n) is 15.1. The van der Waals surface area contributed by atoms with Gasteiger partial charge in [-0.15, -0.1) is 0 Å². The van der Waals surface area contributed by atoms with Gasteiger partial charge in [0.15, 0.2) is 0 Å². The Kier molecular flexibility index (Phi) is 8.39. The minimum atomic E-state index is 0.308. The molecule has 0 radical (unpaired) electrons. The van der Waals surface area contributed by atoms with Crippen LogP contribution in [0.4, 0.5) is 0 Å². The van der Waals surface area contributed by atoms with Gasteiger partial charge < -0.3 is 4.90 Å². The van der Waals surface area contributed by atoms with E-state index in [-0.39, 0.29) is 0 Å². The van der Waals surface area contributed by atoms with Gasteiger partial charge >= 0.3 is 0 Å². The van der Waals surface area contributed by atoms with Crippen molar-refractivity contribution in [2.24, 2.45) is 11.3 Å². The molecule has 0 bridgehead atoms. The van der Waals surface area contributed by atoms with Crippen molar-refractivity contribution >= 4 is 0 Å². The zero-order chi connectivity index (χ0) is 16.6. The summed E-state index contributed by atoms with van der Waals surface area (Å²) < 4.78 is 0. The summed E-state index contributed by atoms with van der Waals surface area (Å²) in [6, 6.07) is 0.348. The molecular weight excluding hydrogens is 254 g/mol. The van der Waals surface area contributed by atoms with Crippen molar-refractivity contribution in [1.29, 1.82) is 0 Å². The highest BCUT2D eigenvalue weighted by atomic mass is 15.1. The number of hydrogen-bond donors (Lipinski definition) is 0. The molecular formula is C20H35N. The van der Waals surface area contributed by atoms with E-state index in [0.29, 0.717) is 17.4 Å². The van der Waals surface area contributed by atoms with E-state index in [1.54, 1.807) is 0 Å². The molecule has 0 aliphatic rings. The summed E-state index contributed by atoms with van der Waals surface area (Å²) in [4.78, 5) is 2.28. The molecule has 0 aromatic rings. The van der Waals surface area contributed by atoms with Crippen LogP contribution in [0, 0.1) is 11.3 Å². The van der Waals surface area contributed by atoms with E-state index >= 15 is 0 Å². The Balaban J connectivity index is 4.90. The molecule has 0 N–H and O–H groups in total. The van der Waals surface area contributed by atoms with Crippen molar-refractivity contribution in [3.63, 3.8) is 0 Å². The van der Waals surface area contributed by atoms with Crippen molar-refractivity contribution in [3.05, 3.63) is 49.2 Å². The molecule has 0 amide bonds. The second kappa shape index (κ2) is 8.92. The van der Waals surface area contributed by atoms with Gasteiger partial charge in [0.2, 0.25) is 0 Å². The second-order valence-electron chi connectivity index (χ2n) is 7.50. The summed E-state index contributed by atoms with van der Waals surface area (Å²) in [7, 11) is 0. The van der Waals surface area contributed by atoms with Crippen molar-refractivity contribution < 1.29 is 0 Å². The van der Waals surface area contributed by atoms with Crippen LogP contribution in [0.5, 0.6) is 0 Å². The topological polar surface area (TPSA) is 3.24 Å². The Hall–Kier alpha value is -1.24. The third-order valence-corrected chi connectivity index (χ3v) is 3.43. The number of allylic oxidation sites excluding steroid dienone is 2. The molecule has 21 heavy (non-hydrogen) atoms. The van der Waals surface area contributed by atoms with E-state index in [1.807, 2.05) is 6.20 Å². The number of hydrogen-bond acceptors (Lipinski definition) is 1. The molecule has 2 unspecified atom stereocenters.